The van der Waals surface area contributed by atoms with Crippen molar-refractivity contribution in [2.75, 3.05) is 19.5 Å². The van der Waals surface area contributed by atoms with Gasteiger partial charge in [-0.1, -0.05) is 41.7 Å². The van der Waals surface area contributed by atoms with Gasteiger partial charge in [-0.05, 0) is 30.7 Å². The van der Waals surface area contributed by atoms with E-state index < -0.39 is 0 Å². The zero-order chi connectivity index (χ0) is 17.8. The molecule has 5 nitrogen and oxygen atoms in total. The lowest BCUT2D eigenvalue weighted by atomic mass is 10.2. The number of aryl methyl sites for hydroxylation is 1. The number of methoxy groups -OCH3 is 2. The third kappa shape index (κ3) is 3.64. The average molecular weight is 354 g/mol. The molecule has 1 aromatic heterocycles. The molecule has 3 aromatic rings. The molecule has 1 N–H and O–H groups in total. The maximum Gasteiger partial charge on any atom is 0.257 e. The van der Waals surface area contributed by atoms with Crippen LogP contribution < -0.4 is 14.8 Å². The second-order valence-electron chi connectivity index (χ2n) is 5.32. The number of anilines is 1. The van der Waals surface area contributed by atoms with Gasteiger partial charge in [0.15, 0.2) is 16.6 Å². The van der Waals surface area contributed by atoms with E-state index in [1.165, 1.54) is 18.4 Å². The van der Waals surface area contributed by atoms with Crippen molar-refractivity contribution in [3.05, 3.63) is 59.8 Å². The van der Waals surface area contributed by atoms with Crippen LogP contribution in [0.3, 0.4) is 0 Å². The molecule has 0 spiro atoms. The number of amides is 1. The summed E-state index contributed by atoms with van der Waals surface area (Å²) in [5.41, 5.74) is 2.45. The van der Waals surface area contributed by atoms with Crippen molar-refractivity contribution in [1.82, 2.24) is 4.98 Å². The van der Waals surface area contributed by atoms with Crippen molar-refractivity contribution in [3.63, 3.8) is 0 Å². The third-order valence-electron chi connectivity index (χ3n) is 3.70. The van der Waals surface area contributed by atoms with Crippen molar-refractivity contribution in [2.45, 2.75) is 6.92 Å². The highest BCUT2D eigenvalue weighted by Crippen LogP contribution is 2.33. The van der Waals surface area contributed by atoms with E-state index in [0.29, 0.717) is 22.2 Å². The van der Waals surface area contributed by atoms with Gasteiger partial charge in [0.05, 0.1) is 24.8 Å². The summed E-state index contributed by atoms with van der Waals surface area (Å²) < 4.78 is 10.4. The Kier molecular flexibility index (Phi) is 5.00. The minimum Gasteiger partial charge on any atom is -0.493 e. The molecule has 0 atom stereocenters. The zero-order valence-corrected chi connectivity index (χ0v) is 15.0. The molecule has 25 heavy (non-hydrogen) atoms. The minimum absolute atomic E-state index is 0.241. The first kappa shape index (κ1) is 17.0. The van der Waals surface area contributed by atoms with Gasteiger partial charge >= 0.3 is 0 Å². The topological polar surface area (TPSA) is 60.5 Å². The molecule has 0 aliphatic carbocycles. The number of benzene rings is 2. The Balaban J connectivity index is 1.82. The summed E-state index contributed by atoms with van der Waals surface area (Å²) in [5, 5.41) is 3.42. The molecule has 0 aliphatic rings. The van der Waals surface area contributed by atoms with E-state index in [9.17, 15) is 4.79 Å². The molecule has 1 heterocycles. The highest BCUT2D eigenvalue weighted by molar-refractivity contribution is 7.19. The van der Waals surface area contributed by atoms with E-state index >= 15 is 0 Å². The van der Waals surface area contributed by atoms with Crippen molar-refractivity contribution >= 4 is 22.4 Å². The number of nitrogens with zero attached hydrogens (tertiary/aromatic N) is 1. The molecular weight excluding hydrogens is 336 g/mol. The SMILES string of the molecule is COc1ccc(C(=O)Nc2nc(C)c(-c3ccccc3)s2)cc1OC. The van der Waals surface area contributed by atoms with Gasteiger partial charge in [-0.15, -0.1) is 0 Å². The van der Waals surface area contributed by atoms with Crippen LogP contribution in [0.25, 0.3) is 10.4 Å². The van der Waals surface area contributed by atoms with Gasteiger partial charge in [0.1, 0.15) is 0 Å². The summed E-state index contributed by atoms with van der Waals surface area (Å²) in [6.07, 6.45) is 0. The summed E-state index contributed by atoms with van der Waals surface area (Å²) in [7, 11) is 3.09. The van der Waals surface area contributed by atoms with Crippen LogP contribution in [0, 0.1) is 6.92 Å². The molecule has 0 saturated carbocycles. The van der Waals surface area contributed by atoms with Crippen molar-refractivity contribution in [2.24, 2.45) is 0 Å². The van der Waals surface area contributed by atoms with Crippen molar-refractivity contribution < 1.29 is 14.3 Å². The molecule has 0 saturated heterocycles. The fraction of sp³-hybridized carbons (Fsp3) is 0.158. The van der Waals surface area contributed by atoms with Crippen LogP contribution in [0.5, 0.6) is 11.5 Å². The van der Waals surface area contributed by atoms with E-state index in [2.05, 4.69) is 10.3 Å². The van der Waals surface area contributed by atoms with Crippen molar-refractivity contribution in [1.29, 1.82) is 0 Å². The Bertz CT molecular complexity index is 891. The first-order chi connectivity index (χ1) is 12.1. The van der Waals surface area contributed by atoms with Gasteiger partial charge in [-0.25, -0.2) is 4.98 Å². The first-order valence-electron chi connectivity index (χ1n) is 7.68. The number of aromatic nitrogens is 1. The van der Waals surface area contributed by atoms with Gasteiger partial charge < -0.3 is 9.47 Å². The zero-order valence-electron chi connectivity index (χ0n) is 14.2. The summed E-state index contributed by atoms with van der Waals surface area (Å²) >= 11 is 1.45. The molecule has 3 rings (SSSR count). The number of hydrogen-bond donors (Lipinski definition) is 1. The number of carbonyl (C=O) groups excluding carboxylic acids is 1. The van der Waals surface area contributed by atoms with Gasteiger partial charge in [0.2, 0.25) is 0 Å². The lowest BCUT2D eigenvalue weighted by Crippen LogP contribution is -2.11. The van der Waals surface area contributed by atoms with Crippen LogP contribution in [-0.2, 0) is 0 Å². The first-order valence-corrected chi connectivity index (χ1v) is 8.50. The molecule has 0 bridgehead atoms. The standard InChI is InChI=1S/C19H18N2O3S/c1-12-17(13-7-5-4-6-8-13)25-19(20-12)21-18(22)14-9-10-15(23-2)16(11-14)24-3/h4-11H,1-3H3,(H,20,21,22). The van der Waals surface area contributed by atoms with Crippen LogP contribution in [0.2, 0.25) is 0 Å². The van der Waals surface area contributed by atoms with Crippen LogP contribution in [0.4, 0.5) is 5.13 Å². The van der Waals surface area contributed by atoms with Crippen LogP contribution in [0.1, 0.15) is 16.1 Å². The molecule has 0 radical (unpaired) electrons. The quantitative estimate of drug-likeness (QED) is 0.738. The number of carbonyl (C=O) groups is 1. The number of nitrogens with one attached hydrogen (secondary N) is 1. The predicted molar refractivity (Wildman–Crippen MR) is 99.8 cm³/mol. The molecule has 2 aromatic carbocycles. The maximum atomic E-state index is 12.5. The fourth-order valence-corrected chi connectivity index (χ4v) is 3.42. The monoisotopic (exact) mass is 354 g/mol. The number of hydrogen-bond acceptors (Lipinski definition) is 5. The van der Waals surface area contributed by atoms with E-state index in [1.54, 1.807) is 25.3 Å². The van der Waals surface area contributed by atoms with Crippen molar-refractivity contribution in [3.8, 4) is 21.9 Å². The Morgan fingerprint density at radius 2 is 1.76 bits per heavy atom. The second kappa shape index (κ2) is 7.36. The molecule has 0 aliphatic heterocycles. The maximum absolute atomic E-state index is 12.5. The second-order valence-corrected chi connectivity index (χ2v) is 6.32. The number of rotatable bonds is 5. The Morgan fingerprint density at radius 3 is 2.44 bits per heavy atom. The summed E-state index contributed by atoms with van der Waals surface area (Å²) in [5.74, 6) is 0.847. The summed E-state index contributed by atoms with van der Waals surface area (Å²) in [6, 6.07) is 15.0. The van der Waals surface area contributed by atoms with E-state index in [0.717, 1.165) is 16.1 Å². The molecule has 1 amide bonds. The average Bonchev–Trinajstić information content (AvgIpc) is 3.01. The third-order valence-corrected chi connectivity index (χ3v) is 4.82. The number of thiazole rings is 1. The Hall–Kier alpha value is -2.86. The summed E-state index contributed by atoms with van der Waals surface area (Å²) in [6.45, 7) is 1.94. The lowest BCUT2D eigenvalue weighted by molar-refractivity contribution is 0.102. The van der Waals surface area contributed by atoms with E-state index in [-0.39, 0.29) is 5.91 Å². The smallest absolute Gasteiger partial charge is 0.257 e. The van der Waals surface area contributed by atoms with Gasteiger partial charge in [0, 0.05) is 5.56 Å². The number of ether oxygens (including phenoxy) is 2. The molecule has 128 valence electrons. The molecule has 0 fully saturated rings. The highest BCUT2D eigenvalue weighted by atomic mass is 32.1. The van der Waals surface area contributed by atoms with E-state index in [4.69, 9.17) is 9.47 Å². The van der Waals surface area contributed by atoms with Gasteiger partial charge in [-0.2, -0.15) is 0 Å². The minimum atomic E-state index is -0.241. The summed E-state index contributed by atoms with van der Waals surface area (Å²) in [4.78, 5) is 18.0. The Morgan fingerprint density at radius 1 is 1.04 bits per heavy atom. The van der Waals surface area contributed by atoms with Crippen LogP contribution >= 0.6 is 11.3 Å². The van der Waals surface area contributed by atoms with Crippen LogP contribution in [0.15, 0.2) is 48.5 Å². The fourth-order valence-electron chi connectivity index (χ4n) is 2.45. The normalized spacial score (nSPS) is 10.4. The Labute approximate surface area is 150 Å². The predicted octanol–water partition coefficient (Wildman–Crippen LogP) is 4.39. The molecular formula is C19H18N2O3S. The lowest BCUT2D eigenvalue weighted by Gasteiger charge is -2.09. The highest BCUT2D eigenvalue weighted by Gasteiger charge is 2.15. The largest absolute Gasteiger partial charge is 0.493 e. The van der Waals surface area contributed by atoms with Crippen LogP contribution in [-0.4, -0.2) is 25.1 Å². The van der Waals surface area contributed by atoms with E-state index in [1.807, 2.05) is 37.3 Å². The van der Waals surface area contributed by atoms with Gasteiger partial charge in [0.25, 0.3) is 5.91 Å². The molecule has 0 unspecified atom stereocenters. The van der Waals surface area contributed by atoms with Gasteiger partial charge in [-0.3, -0.25) is 10.1 Å². The molecule has 6 heteroatoms.